The molecule has 3 aromatic rings. The molecular weight excluding hydrogens is 276 g/mol. The molecule has 0 spiro atoms. The fraction of sp³-hybridized carbons (Fsp3) is 0.294. The monoisotopic (exact) mass is 294 g/mol. The van der Waals surface area contributed by atoms with Crippen LogP contribution in [0.25, 0.3) is 16.9 Å². The zero-order valence-corrected chi connectivity index (χ0v) is 12.2. The van der Waals surface area contributed by atoms with Crippen molar-refractivity contribution in [2.45, 2.75) is 12.8 Å². The molecule has 4 rings (SSSR count). The maximum atomic E-state index is 10.2. The van der Waals surface area contributed by atoms with Crippen LogP contribution in [0.3, 0.4) is 0 Å². The smallest absolute Gasteiger partial charge is 0.164 e. The molecule has 0 radical (unpaired) electrons. The van der Waals surface area contributed by atoms with Gasteiger partial charge >= 0.3 is 0 Å². The summed E-state index contributed by atoms with van der Waals surface area (Å²) in [4.78, 5) is 9.22. The third-order valence-electron chi connectivity index (χ3n) is 4.24. The SMILES string of the molecule is Oc1ccccc1-n1c(CC2CCNC2)nc2cccnc21. The summed E-state index contributed by atoms with van der Waals surface area (Å²) in [5.41, 5.74) is 2.40. The van der Waals surface area contributed by atoms with Gasteiger partial charge in [-0.05, 0) is 49.7 Å². The fourth-order valence-corrected chi connectivity index (χ4v) is 3.15. The molecule has 1 aliphatic heterocycles. The summed E-state index contributed by atoms with van der Waals surface area (Å²) in [6, 6.07) is 11.2. The Morgan fingerprint density at radius 1 is 1.23 bits per heavy atom. The van der Waals surface area contributed by atoms with Gasteiger partial charge in [-0.1, -0.05) is 12.1 Å². The molecule has 0 bridgehead atoms. The van der Waals surface area contributed by atoms with Crippen LogP contribution in [0.1, 0.15) is 12.2 Å². The van der Waals surface area contributed by atoms with Gasteiger partial charge in [-0.25, -0.2) is 9.97 Å². The average molecular weight is 294 g/mol. The first-order valence-corrected chi connectivity index (χ1v) is 7.64. The molecule has 1 aliphatic rings. The predicted molar refractivity (Wildman–Crippen MR) is 85.2 cm³/mol. The lowest BCUT2D eigenvalue weighted by Crippen LogP contribution is -2.13. The quantitative estimate of drug-likeness (QED) is 0.778. The third kappa shape index (κ3) is 2.23. The van der Waals surface area contributed by atoms with E-state index < -0.39 is 0 Å². The van der Waals surface area contributed by atoms with E-state index >= 15 is 0 Å². The van der Waals surface area contributed by atoms with Crippen LogP contribution in [0.15, 0.2) is 42.6 Å². The number of benzene rings is 1. The van der Waals surface area contributed by atoms with E-state index in [1.807, 2.05) is 34.9 Å². The molecule has 22 heavy (non-hydrogen) atoms. The topological polar surface area (TPSA) is 63.0 Å². The van der Waals surface area contributed by atoms with Gasteiger partial charge in [0.15, 0.2) is 5.65 Å². The minimum absolute atomic E-state index is 0.248. The second-order valence-corrected chi connectivity index (χ2v) is 5.76. The number of aromatic nitrogens is 3. The van der Waals surface area contributed by atoms with E-state index in [2.05, 4.69) is 10.3 Å². The number of pyridine rings is 1. The number of phenols is 1. The molecule has 5 heteroatoms. The van der Waals surface area contributed by atoms with Gasteiger partial charge in [0.2, 0.25) is 0 Å². The lowest BCUT2D eigenvalue weighted by atomic mass is 10.0. The largest absolute Gasteiger partial charge is 0.506 e. The summed E-state index contributed by atoms with van der Waals surface area (Å²) in [5.74, 6) is 1.79. The molecule has 1 unspecified atom stereocenters. The molecule has 1 fully saturated rings. The number of nitrogens with zero attached hydrogens (tertiary/aromatic N) is 3. The number of aromatic hydroxyl groups is 1. The second-order valence-electron chi connectivity index (χ2n) is 5.76. The summed E-state index contributed by atoms with van der Waals surface area (Å²) < 4.78 is 1.99. The summed E-state index contributed by atoms with van der Waals surface area (Å²) in [6.07, 6.45) is 3.82. The predicted octanol–water partition coefficient (Wildman–Crippen LogP) is 2.28. The van der Waals surface area contributed by atoms with Crippen LogP contribution < -0.4 is 5.32 Å². The van der Waals surface area contributed by atoms with Gasteiger partial charge < -0.3 is 10.4 Å². The molecule has 1 aromatic carbocycles. The number of nitrogens with one attached hydrogen (secondary N) is 1. The van der Waals surface area contributed by atoms with Gasteiger partial charge in [0.25, 0.3) is 0 Å². The number of fused-ring (bicyclic) bond motifs is 1. The van der Waals surface area contributed by atoms with Gasteiger partial charge in [0, 0.05) is 12.6 Å². The standard InChI is InChI=1S/C17H18N4O/c22-15-6-2-1-5-14(15)21-16(10-12-7-9-18-11-12)20-13-4-3-8-19-17(13)21/h1-6,8,12,18,22H,7,9-11H2. The van der Waals surface area contributed by atoms with Crippen molar-refractivity contribution >= 4 is 11.2 Å². The van der Waals surface area contributed by atoms with Crippen molar-refractivity contribution in [1.82, 2.24) is 19.9 Å². The molecule has 112 valence electrons. The Hall–Kier alpha value is -2.40. The first kappa shape index (κ1) is 13.3. The molecular formula is C17H18N4O. The van der Waals surface area contributed by atoms with E-state index in [9.17, 15) is 5.11 Å². The molecule has 0 saturated carbocycles. The lowest BCUT2D eigenvalue weighted by molar-refractivity contribution is 0.471. The number of rotatable bonds is 3. The Bertz CT molecular complexity index is 805. The number of phenolic OH excluding ortho intramolecular Hbond substituents is 1. The number of imidazole rings is 1. The zero-order chi connectivity index (χ0) is 14.9. The van der Waals surface area contributed by atoms with Crippen LogP contribution in [0.4, 0.5) is 0 Å². The van der Waals surface area contributed by atoms with Crippen LogP contribution in [0.5, 0.6) is 5.75 Å². The van der Waals surface area contributed by atoms with Crippen LogP contribution in [0.2, 0.25) is 0 Å². The Morgan fingerprint density at radius 3 is 2.95 bits per heavy atom. The first-order chi connectivity index (χ1) is 10.8. The van der Waals surface area contributed by atoms with Gasteiger partial charge in [-0.2, -0.15) is 0 Å². The highest BCUT2D eigenvalue weighted by molar-refractivity contribution is 5.74. The van der Waals surface area contributed by atoms with E-state index in [1.54, 1.807) is 12.3 Å². The average Bonchev–Trinajstić information content (AvgIpc) is 3.16. The van der Waals surface area contributed by atoms with Crippen LogP contribution in [0, 0.1) is 5.92 Å². The van der Waals surface area contributed by atoms with Crippen molar-refractivity contribution in [2.24, 2.45) is 5.92 Å². The minimum Gasteiger partial charge on any atom is -0.506 e. The molecule has 0 aliphatic carbocycles. The van der Waals surface area contributed by atoms with Crippen molar-refractivity contribution in [3.8, 4) is 11.4 Å². The number of hydrogen-bond acceptors (Lipinski definition) is 4. The Morgan fingerprint density at radius 2 is 2.14 bits per heavy atom. The number of para-hydroxylation sites is 2. The molecule has 1 atom stereocenters. The zero-order valence-electron chi connectivity index (χ0n) is 12.2. The normalized spacial score (nSPS) is 18.1. The van der Waals surface area contributed by atoms with Crippen molar-refractivity contribution in [2.75, 3.05) is 13.1 Å². The van der Waals surface area contributed by atoms with E-state index in [-0.39, 0.29) is 5.75 Å². The second kappa shape index (κ2) is 5.42. The molecule has 2 N–H and O–H groups in total. The third-order valence-corrected chi connectivity index (χ3v) is 4.24. The van der Waals surface area contributed by atoms with Gasteiger partial charge in [-0.3, -0.25) is 4.57 Å². The summed E-state index contributed by atoms with van der Waals surface area (Å²) >= 11 is 0. The highest BCUT2D eigenvalue weighted by Crippen LogP contribution is 2.28. The Balaban J connectivity index is 1.88. The molecule has 1 saturated heterocycles. The van der Waals surface area contributed by atoms with Gasteiger partial charge in [-0.15, -0.1) is 0 Å². The van der Waals surface area contributed by atoms with Crippen molar-refractivity contribution in [3.05, 3.63) is 48.4 Å². The van der Waals surface area contributed by atoms with E-state index in [4.69, 9.17) is 4.98 Å². The van der Waals surface area contributed by atoms with E-state index in [1.165, 1.54) is 0 Å². The highest BCUT2D eigenvalue weighted by atomic mass is 16.3. The minimum atomic E-state index is 0.248. The fourth-order valence-electron chi connectivity index (χ4n) is 3.15. The molecule has 5 nitrogen and oxygen atoms in total. The summed E-state index contributed by atoms with van der Waals surface area (Å²) in [7, 11) is 0. The Kier molecular flexibility index (Phi) is 3.27. The van der Waals surface area contributed by atoms with Crippen molar-refractivity contribution in [1.29, 1.82) is 0 Å². The first-order valence-electron chi connectivity index (χ1n) is 7.64. The summed E-state index contributed by atoms with van der Waals surface area (Å²) in [5, 5.41) is 13.6. The lowest BCUT2D eigenvalue weighted by Gasteiger charge is -2.12. The summed E-state index contributed by atoms with van der Waals surface area (Å²) in [6.45, 7) is 2.09. The van der Waals surface area contributed by atoms with Gasteiger partial charge in [0.05, 0.1) is 5.69 Å². The van der Waals surface area contributed by atoms with Crippen LogP contribution in [-0.4, -0.2) is 32.7 Å². The molecule has 0 amide bonds. The maximum absolute atomic E-state index is 10.2. The maximum Gasteiger partial charge on any atom is 0.164 e. The molecule has 3 heterocycles. The van der Waals surface area contributed by atoms with Crippen LogP contribution >= 0.6 is 0 Å². The van der Waals surface area contributed by atoms with Gasteiger partial charge in [0.1, 0.15) is 17.1 Å². The van der Waals surface area contributed by atoms with Crippen LogP contribution in [-0.2, 0) is 6.42 Å². The number of hydrogen-bond donors (Lipinski definition) is 2. The van der Waals surface area contributed by atoms with Crippen molar-refractivity contribution in [3.63, 3.8) is 0 Å². The van der Waals surface area contributed by atoms with E-state index in [0.29, 0.717) is 5.92 Å². The van der Waals surface area contributed by atoms with Crippen molar-refractivity contribution < 1.29 is 5.11 Å². The highest BCUT2D eigenvalue weighted by Gasteiger charge is 2.21. The van der Waals surface area contributed by atoms with E-state index in [0.717, 1.165) is 48.6 Å². The Labute approximate surface area is 128 Å². The molecule has 2 aromatic heterocycles.